The predicted molar refractivity (Wildman–Crippen MR) is 70.7 cm³/mol. The van der Waals surface area contributed by atoms with Gasteiger partial charge in [0.25, 0.3) is 0 Å². The molecule has 1 saturated carbocycles. The van der Waals surface area contributed by atoms with Crippen molar-refractivity contribution in [1.29, 1.82) is 0 Å². The molecule has 0 radical (unpaired) electrons. The highest BCUT2D eigenvalue weighted by Crippen LogP contribution is 2.41. The molecule has 0 saturated heterocycles. The van der Waals surface area contributed by atoms with E-state index in [0.29, 0.717) is 6.42 Å². The number of carboxylic acid groups (broad SMARTS) is 1. The van der Waals surface area contributed by atoms with Crippen LogP contribution in [0.25, 0.3) is 11.2 Å². The van der Waals surface area contributed by atoms with E-state index < -0.39 is 11.4 Å². The van der Waals surface area contributed by atoms with Crippen molar-refractivity contribution in [1.82, 2.24) is 14.5 Å². The summed E-state index contributed by atoms with van der Waals surface area (Å²) < 4.78 is 1.92. The number of hydrogen-bond acceptors (Lipinski definition) is 3. The van der Waals surface area contributed by atoms with Crippen molar-refractivity contribution in [2.24, 2.45) is 12.5 Å². The van der Waals surface area contributed by atoms with Crippen molar-refractivity contribution in [2.45, 2.75) is 32.1 Å². The highest BCUT2D eigenvalue weighted by atomic mass is 16.4. The normalized spacial score (nSPS) is 17.9. The lowest BCUT2D eigenvalue weighted by Gasteiger charge is -2.23. The van der Waals surface area contributed by atoms with Crippen molar-refractivity contribution in [3.8, 4) is 0 Å². The molecule has 0 aromatic carbocycles. The third-order valence-electron chi connectivity index (χ3n) is 4.23. The van der Waals surface area contributed by atoms with Gasteiger partial charge in [0.2, 0.25) is 0 Å². The van der Waals surface area contributed by atoms with Crippen LogP contribution in [0.3, 0.4) is 0 Å². The third-order valence-corrected chi connectivity index (χ3v) is 4.23. The molecule has 0 spiro atoms. The van der Waals surface area contributed by atoms with Crippen LogP contribution in [-0.4, -0.2) is 25.6 Å². The first-order chi connectivity index (χ1) is 9.12. The van der Waals surface area contributed by atoms with E-state index in [1.165, 1.54) is 0 Å². The second-order valence-electron chi connectivity index (χ2n) is 5.40. The average molecular weight is 259 g/mol. The molecule has 3 rings (SSSR count). The first-order valence-corrected chi connectivity index (χ1v) is 6.62. The quantitative estimate of drug-likeness (QED) is 0.917. The number of aromatic nitrogens is 3. The van der Waals surface area contributed by atoms with E-state index in [9.17, 15) is 9.90 Å². The van der Waals surface area contributed by atoms with Crippen LogP contribution in [0.15, 0.2) is 18.3 Å². The standard InChI is InChI=1S/C14H17N3O2/c1-17-11(16-10-5-4-8-15-12(10)17)9-14(13(18)19)6-2-3-7-14/h4-5,8H,2-3,6-7,9H2,1H3,(H,18,19). The summed E-state index contributed by atoms with van der Waals surface area (Å²) in [6, 6.07) is 3.76. The van der Waals surface area contributed by atoms with Crippen LogP contribution in [0.2, 0.25) is 0 Å². The molecule has 1 aliphatic carbocycles. The maximum Gasteiger partial charge on any atom is 0.310 e. The number of fused-ring (bicyclic) bond motifs is 1. The molecule has 2 aromatic heterocycles. The first-order valence-electron chi connectivity index (χ1n) is 6.62. The minimum absolute atomic E-state index is 0.495. The van der Waals surface area contributed by atoms with Gasteiger partial charge in [0, 0.05) is 19.7 Å². The summed E-state index contributed by atoms with van der Waals surface area (Å²) in [7, 11) is 1.90. The number of hydrogen-bond donors (Lipinski definition) is 1. The highest BCUT2D eigenvalue weighted by Gasteiger charge is 2.42. The van der Waals surface area contributed by atoms with Crippen LogP contribution in [0.4, 0.5) is 0 Å². The van der Waals surface area contributed by atoms with Crippen molar-refractivity contribution in [3.05, 3.63) is 24.2 Å². The van der Waals surface area contributed by atoms with Gasteiger partial charge in [0.15, 0.2) is 5.65 Å². The smallest absolute Gasteiger partial charge is 0.310 e. The van der Waals surface area contributed by atoms with E-state index in [2.05, 4.69) is 9.97 Å². The van der Waals surface area contributed by atoms with E-state index in [0.717, 1.165) is 42.7 Å². The van der Waals surface area contributed by atoms with Crippen molar-refractivity contribution in [3.63, 3.8) is 0 Å². The van der Waals surface area contributed by atoms with Gasteiger partial charge in [-0.2, -0.15) is 0 Å². The Morgan fingerprint density at radius 3 is 2.84 bits per heavy atom. The SMILES string of the molecule is Cn1c(CC2(C(=O)O)CCCC2)nc2cccnc21. The lowest BCUT2D eigenvalue weighted by Crippen LogP contribution is -2.31. The minimum Gasteiger partial charge on any atom is -0.481 e. The summed E-state index contributed by atoms with van der Waals surface area (Å²) in [5.41, 5.74) is 1.02. The fourth-order valence-electron chi connectivity index (χ4n) is 3.05. The molecule has 2 heterocycles. The predicted octanol–water partition coefficient (Wildman–Crippen LogP) is 2.16. The van der Waals surface area contributed by atoms with Gasteiger partial charge in [-0.3, -0.25) is 4.79 Å². The second kappa shape index (κ2) is 4.33. The number of nitrogens with zero attached hydrogens (tertiary/aromatic N) is 3. The van der Waals surface area contributed by atoms with Gasteiger partial charge in [-0.15, -0.1) is 0 Å². The van der Waals surface area contributed by atoms with Crippen molar-refractivity contribution in [2.75, 3.05) is 0 Å². The molecule has 0 bridgehead atoms. The van der Waals surface area contributed by atoms with Gasteiger partial charge >= 0.3 is 5.97 Å². The van der Waals surface area contributed by atoms with Crippen LogP contribution < -0.4 is 0 Å². The molecule has 1 fully saturated rings. The van der Waals surface area contributed by atoms with Gasteiger partial charge in [-0.25, -0.2) is 9.97 Å². The van der Waals surface area contributed by atoms with Crippen LogP contribution in [0, 0.1) is 5.41 Å². The molecule has 2 aromatic rings. The molecule has 0 atom stereocenters. The summed E-state index contributed by atoms with van der Waals surface area (Å²) in [5, 5.41) is 9.54. The Morgan fingerprint density at radius 1 is 1.47 bits per heavy atom. The highest BCUT2D eigenvalue weighted by molar-refractivity contribution is 5.76. The Bertz CT molecular complexity index is 627. The van der Waals surface area contributed by atoms with E-state index in [1.807, 2.05) is 23.7 Å². The van der Waals surface area contributed by atoms with Gasteiger partial charge < -0.3 is 9.67 Å². The maximum absolute atomic E-state index is 11.6. The van der Waals surface area contributed by atoms with Gasteiger partial charge in [0.1, 0.15) is 11.3 Å². The molecule has 0 unspecified atom stereocenters. The van der Waals surface area contributed by atoms with Crippen LogP contribution in [-0.2, 0) is 18.3 Å². The zero-order valence-corrected chi connectivity index (χ0v) is 11.0. The largest absolute Gasteiger partial charge is 0.481 e. The average Bonchev–Trinajstić information content (AvgIpc) is 2.98. The summed E-state index contributed by atoms with van der Waals surface area (Å²) in [6.07, 6.45) is 5.71. The van der Waals surface area contributed by atoms with E-state index in [1.54, 1.807) is 6.20 Å². The monoisotopic (exact) mass is 259 g/mol. The second-order valence-corrected chi connectivity index (χ2v) is 5.40. The Hall–Kier alpha value is -1.91. The first kappa shape index (κ1) is 12.1. The fraction of sp³-hybridized carbons (Fsp3) is 0.500. The lowest BCUT2D eigenvalue weighted by molar-refractivity contribution is -0.148. The van der Waals surface area contributed by atoms with E-state index in [-0.39, 0.29) is 0 Å². The van der Waals surface area contributed by atoms with Gasteiger partial charge in [-0.1, -0.05) is 12.8 Å². The molecule has 1 aliphatic rings. The molecule has 5 nitrogen and oxygen atoms in total. The third kappa shape index (κ3) is 1.89. The van der Waals surface area contributed by atoms with Gasteiger partial charge in [0.05, 0.1) is 5.41 Å². The number of rotatable bonds is 3. The number of imidazole rings is 1. The zero-order valence-electron chi connectivity index (χ0n) is 11.0. The van der Waals surface area contributed by atoms with E-state index in [4.69, 9.17) is 0 Å². The summed E-state index contributed by atoms with van der Waals surface area (Å²) in [5.74, 6) is 0.128. The molecule has 0 aliphatic heterocycles. The lowest BCUT2D eigenvalue weighted by atomic mass is 9.82. The van der Waals surface area contributed by atoms with Crippen LogP contribution in [0.5, 0.6) is 0 Å². The Kier molecular flexibility index (Phi) is 2.77. The number of pyridine rings is 1. The molecule has 100 valence electrons. The molecular formula is C14H17N3O2. The molecule has 19 heavy (non-hydrogen) atoms. The molecule has 5 heteroatoms. The zero-order chi connectivity index (χ0) is 13.5. The van der Waals surface area contributed by atoms with Crippen LogP contribution in [0.1, 0.15) is 31.5 Å². The van der Waals surface area contributed by atoms with Crippen molar-refractivity contribution < 1.29 is 9.90 Å². The minimum atomic E-state index is -0.690. The Morgan fingerprint density at radius 2 is 2.21 bits per heavy atom. The number of carbonyl (C=O) groups is 1. The topological polar surface area (TPSA) is 68.0 Å². The number of aryl methyl sites for hydroxylation is 1. The Labute approximate surface area is 111 Å². The van der Waals surface area contributed by atoms with Crippen molar-refractivity contribution >= 4 is 17.1 Å². The molecule has 0 amide bonds. The number of carboxylic acids is 1. The van der Waals surface area contributed by atoms with Crippen LogP contribution >= 0.6 is 0 Å². The van der Waals surface area contributed by atoms with E-state index >= 15 is 0 Å². The summed E-state index contributed by atoms with van der Waals surface area (Å²) in [6.45, 7) is 0. The molecule has 1 N–H and O–H groups in total. The fourth-order valence-corrected chi connectivity index (χ4v) is 3.05. The summed E-state index contributed by atoms with van der Waals surface area (Å²) >= 11 is 0. The van der Waals surface area contributed by atoms with Gasteiger partial charge in [-0.05, 0) is 25.0 Å². The number of aliphatic carboxylic acids is 1. The molecular weight excluding hydrogens is 242 g/mol. The maximum atomic E-state index is 11.6. The summed E-state index contributed by atoms with van der Waals surface area (Å²) in [4.78, 5) is 20.4. The Balaban J connectivity index is 2.01.